The summed E-state index contributed by atoms with van der Waals surface area (Å²) in [4.78, 5) is 30.4. The number of nitrogens with two attached hydrogens (primary N) is 1. The van der Waals surface area contributed by atoms with Gasteiger partial charge in [-0.15, -0.1) is 10.2 Å². The fourth-order valence-corrected chi connectivity index (χ4v) is 3.38. The molecule has 0 bridgehead atoms. The Kier molecular flexibility index (Phi) is 6.00. The number of amides is 2. The van der Waals surface area contributed by atoms with E-state index < -0.39 is 5.91 Å². The first-order valence-corrected chi connectivity index (χ1v) is 9.86. The molecule has 0 radical (unpaired) electrons. The predicted octanol–water partition coefficient (Wildman–Crippen LogP) is -0.0397. The van der Waals surface area contributed by atoms with Crippen molar-refractivity contribution in [2.45, 2.75) is 12.5 Å². The maximum absolute atomic E-state index is 12.6. The summed E-state index contributed by atoms with van der Waals surface area (Å²) in [5.41, 5.74) is 6.58. The summed E-state index contributed by atoms with van der Waals surface area (Å²) in [5, 5.41) is 17.4. The highest BCUT2D eigenvalue weighted by atomic mass is 16.5. The van der Waals surface area contributed by atoms with Crippen LogP contribution < -0.4 is 21.7 Å². The Morgan fingerprint density at radius 1 is 1.17 bits per heavy atom. The lowest BCUT2D eigenvalue weighted by molar-refractivity contribution is 0.0303. The summed E-state index contributed by atoms with van der Waals surface area (Å²) in [6.07, 6.45) is 0.947. The van der Waals surface area contributed by atoms with Gasteiger partial charge in [-0.25, -0.2) is 0 Å². The van der Waals surface area contributed by atoms with Crippen LogP contribution in [0.2, 0.25) is 0 Å². The zero-order chi connectivity index (χ0) is 20.9. The standard InChI is InChI=1S/C19H24N8O3/c20-16(28)15-17(24-19(26-25-15)23-14-5-6-21-11-14)22-13-3-1-12(2-4-13)18(29)27-7-9-30-10-8-27/h1-4,14,21H,5-11H2,(H2,20,28)(H2,22,23,24,26). The number of rotatable bonds is 6. The topological polar surface area (TPSA) is 147 Å². The number of primary amides is 1. The molecule has 158 valence electrons. The minimum atomic E-state index is -0.731. The largest absolute Gasteiger partial charge is 0.378 e. The van der Waals surface area contributed by atoms with Crippen molar-refractivity contribution in [3.63, 3.8) is 0 Å². The molecule has 4 rings (SSSR count). The van der Waals surface area contributed by atoms with Crippen LogP contribution in [0.3, 0.4) is 0 Å². The van der Waals surface area contributed by atoms with Gasteiger partial charge in [-0.1, -0.05) is 0 Å². The number of hydrogen-bond acceptors (Lipinski definition) is 9. The molecule has 1 aromatic heterocycles. The molecule has 2 aliphatic heterocycles. The summed E-state index contributed by atoms with van der Waals surface area (Å²) >= 11 is 0. The van der Waals surface area contributed by atoms with Gasteiger partial charge in [0.1, 0.15) is 0 Å². The Morgan fingerprint density at radius 2 is 1.93 bits per heavy atom. The molecule has 3 heterocycles. The Labute approximate surface area is 173 Å². The van der Waals surface area contributed by atoms with Crippen molar-refractivity contribution in [1.82, 2.24) is 25.4 Å². The Morgan fingerprint density at radius 3 is 2.60 bits per heavy atom. The molecule has 2 fully saturated rings. The van der Waals surface area contributed by atoms with E-state index in [9.17, 15) is 9.59 Å². The average Bonchev–Trinajstić information content (AvgIpc) is 3.27. The summed E-state index contributed by atoms with van der Waals surface area (Å²) < 4.78 is 5.28. The monoisotopic (exact) mass is 412 g/mol. The maximum atomic E-state index is 12.6. The van der Waals surface area contributed by atoms with Crippen molar-refractivity contribution in [3.05, 3.63) is 35.5 Å². The molecule has 0 saturated carbocycles. The van der Waals surface area contributed by atoms with Gasteiger partial charge in [0, 0.05) is 36.9 Å². The van der Waals surface area contributed by atoms with Crippen LogP contribution in [0.25, 0.3) is 0 Å². The summed E-state index contributed by atoms with van der Waals surface area (Å²) in [6.45, 7) is 4.00. The predicted molar refractivity (Wildman–Crippen MR) is 110 cm³/mol. The highest BCUT2D eigenvalue weighted by Gasteiger charge is 2.20. The minimum Gasteiger partial charge on any atom is -0.378 e. The SMILES string of the molecule is NC(=O)c1nnc(NC2CCNC2)nc1Nc1ccc(C(=O)N2CCOCC2)cc1. The molecular weight excluding hydrogens is 388 g/mol. The van der Waals surface area contributed by atoms with Crippen molar-refractivity contribution in [2.24, 2.45) is 5.73 Å². The van der Waals surface area contributed by atoms with Gasteiger partial charge in [-0.05, 0) is 37.2 Å². The van der Waals surface area contributed by atoms with Gasteiger partial charge in [-0.2, -0.15) is 4.98 Å². The second kappa shape index (κ2) is 9.01. The van der Waals surface area contributed by atoms with E-state index in [1.54, 1.807) is 29.2 Å². The van der Waals surface area contributed by atoms with E-state index in [2.05, 4.69) is 31.1 Å². The van der Waals surface area contributed by atoms with E-state index in [4.69, 9.17) is 10.5 Å². The highest BCUT2D eigenvalue weighted by molar-refractivity contribution is 5.97. The van der Waals surface area contributed by atoms with Gasteiger partial charge < -0.3 is 31.3 Å². The lowest BCUT2D eigenvalue weighted by Crippen LogP contribution is -2.40. The molecule has 1 unspecified atom stereocenters. The van der Waals surface area contributed by atoms with E-state index in [0.717, 1.165) is 19.5 Å². The number of carbonyl (C=O) groups is 2. The van der Waals surface area contributed by atoms with E-state index in [0.29, 0.717) is 43.5 Å². The van der Waals surface area contributed by atoms with Crippen molar-refractivity contribution in [1.29, 1.82) is 0 Å². The summed E-state index contributed by atoms with van der Waals surface area (Å²) in [7, 11) is 0. The van der Waals surface area contributed by atoms with Gasteiger partial charge in [0.15, 0.2) is 11.5 Å². The van der Waals surface area contributed by atoms with Gasteiger partial charge in [-0.3, -0.25) is 9.59 Å². The quantitative estimate of drug-likeness (QED) is 0.513. The molecule has 5 N–H and O–H groups in total. The number of morpholine rings is 1. The van der Waals surface area contributed by atoms with Crippen LogP contribution in [0, 0.1) is 0 Å². The lowest BCUT2D eigenvalue weighted by Gasteiger charge is -2.26. The van der Waals surface area contributed by atoms with Crippen LogP contribution in [0.15, 0.2) is 24.3 Å². The van der Waals surface area contributed by atoms with Crippen LogP contribution >= 0.6 is 0 Å². The Hall–Kier alpha value is -3.31. The molecule has 0 spiro atoms. The first-order valence-electron chi connectivity index (χ1n) is 9.86. The third kappa shape index (κ3) is 4.63. The molecule has 2 saturated heterocycles. The smallest absolute Gasteiger partial charge is 0.273 e. The number of benzene rings is 1. The van der Waals surface area contributed by atoms with E-state index in [1.807, 2.05) is 0 Å². The first kappa shape index (κ1) is 20.0. The van der Waals surface area contributed by atoms with Gasteiger partial charge >= 0.3 is 0 Å². The van der Waals surface area contributed by atoms with Gasteiger partial charge in [0.25, 0.3) is 11.8 Å². The zero-order valence-electron chi connectivity index (χ0n) is 16.4. The molecule has 11 heteroatoms. The van der Waals surface area contributed by atoms with Crippen LogP contribution in [-0.4, -0.2) is 77.3 Å². The lowest BCUT2D eigenvalue weighted by atomic mass is 10.1. The number of nitrogens with one attached hydrogen (secondary N) is 3. The molecule has 30 heavy (non-hydrogen) atoms. The van der Waals surface area contributed by atoms with Crippen molar-refractivity contribution in [2.75, 3.05) is 50.0 Å². The third-order valence-corrected chi connectivity index (χ3v) is 5.01. The third-order valence-electron chi connectivity index (χ3n) is 5.01. The van der Waals surface area contributed by atoms with E-state index in [-0.39, 0.29) is 23.5 Å². The fraction of sp³-hybridized carbons (Fsp3) is 0.421. The number of hydrogen-bond donors (Lipinski definition) is 4. The molecule has 2 aromatic rings. The van der Waals surface area contributed by atoms with Gasteiger partial charge in [0.2, 0.25) is 5.95 Å². The molecule has 2 amide bonds. The van der Waals surface area contributed by atoms with Crippen LogP contribution in [0.1, 0.15) is 27.3 Å². The van der Waals surface area contributed by atoms with Crippen LogP contribution in [0.5, 0.6) is 0 Å². The van der Waals surface area contributed by atoms with Crippen molar-refractivity contribution in [3.8, 4) is 0 Å². The highest BCUT2D eigenvalue weighted by Crippen LogP contribution is 2.20. The summed E-state index contributed by atoms with van der Waals surface area (Å²) in [5.74, 6) is -0.248. The van der Waals surface area contributed by atoms with Crippen LogP contribution in [-0.2, 0) is 4.74 Å². The Bertz CT molecular complexity index is 908. The number of carbonyl (C=O) groups excluding carboxylic acids is 2. The van der Waals surface area contributed by atoms with E-state index >= 15 is 0 Å². The van der Waals surface area contributed by atoms with Gasteiger partial charge in [0.05, 0.1) is 13.2 Å². The van der Waals surface area contributed by atoms with Crippen molar-refractivity contribution < 1.29 is 14.3 Å². The number of anilines is 3. The second-order valence-corrected chi connectivity index (χ2v) is 7.14. The molecule has 0 aliphatic carbocycles. The number of ether oxygens (including phenoxy) is 1. The summed E-state index contributed by atoms with van der Waals surface area (Å²) in [6, 6.07) is 7.14. The first-order chi connectivity index (χ1) is 14.6. The second-order valence-electron chi connectivity index (χ2n) is 7.14. The molecule has 1 atom stereocenters. The molecule has 2 aliphatic rings. The maximum Gasteiger partial charge on any atom is 0.273 e. The minimum absolute atomic E-state index is 0.0389. The van der Waals surface area contributed by atoms with E-state index in [1.165, 1.54) is 0 Å². The fourth-order valence-electron chi connectivity index (χ4n) is 3.38. The number of nitrogens with zero attached hydrogens (tertiary/aromatic N) is 4. The molecule has 1 aromatic carbocycles. The van der Waals surface area contributed by atoms with Crippen molar-refractivity contribution >= 4 is 29.3 Å². The number of aromatic nitrogens is 3. The zero-order valence-corrected chi connectivity index (χ0v) is 16.4. The molecular formula is C19H24N8O3. The Balaban J connectivity index is 1.49. The average molecular weight is 412 g/mol. The normalized spacial score (nSPS) is 18.8. The molecule has 11 nitrogen and oxygen atoms in total. The van der Waals surface area contributed by atoms with Crippen LogP contribution in [0.4, 0.5) is 17.5 Å².